The number of carbonyl (C=O) groups excluding carboxylic acids is 1. The van der Waals surface area contributed by atoms with Crippen molar-refractivity contribution in [2.24, 2.45) is 0 Å². The number of thioether (sulfide) groups is 1. The molecule has 2 N–H and O–H groups in total. The number of hydrogen-bond acceptors (Lipinski definition) is 4. The van der Waals surface area contributed by atoms with Gasteiger partial charge in [0.05, 0.1) is 0 Å². The van der Waals surface area contributed by atoms with E-state index < -0.39 is 6.09 Å². The topological polar surface area (TPSA) is 50.4 Å². The first-order valence-corrected chi connectivity index (χ1v) is 9.00. The van der Waals surface area contributed by atoms with E-state index in [0.29, 0.717) is 20.8 Å². The van der Waals surface area contributed by atoms with Crippen molar-refractivity contribution < 1.29 is 9.53 Å². The molecule has 1 amide bonds. The van der Waals surface area contributed by atoms with E-state index in [1.807, 2.05) is 43.3 Å². The lowest BCUT2D eigenvalue weighted by Crippen LogP contribution is -2.16. The van der Waals surface area contributed by atoms with Crippen molar-refractivity contribution in [2.75, 3.05) is 23.0 Å². The number of thiocarbonyl (C=S) groups is 1. The lowest BCUT2D eigenvalue weighted by Gasteiger charge is -2.09. The Kier molecular flexibility index (Phi) is 7.36. The van der Waals surface area contributed by atoms with Gasteiger partial charge in [-0.3, -0.25) is 5.32 Å². The summed E-state index contributed by atoms with van der Waals surface area (Å²) in [6, 6.07) is 14.8. The van der Waals surface area contributed by atoms with Crippen LogP contribution in [-0.4, -0.2) is 22.8 Å². The zero-order chi connectivity index (χ0) is 17.4. The van der Waals surface area contributed by atoms with Crippen molar-refractivity contribution in [2.45, 2.75) is 6.92 Å². The molecular weight excluding hydrogens is 364 g/mol. The van der Waals surface area contributed by atoms with E-state index in [1.54, 1.807) is 12.1 Å². The van der Waals surface area contributed by atoms with Crippen molar-refractivity contribution in [3.63, 3.8) is 0 Å². The highest BCUT2D eigenvalue weighted by Crippen LogP contribution is 2.21. The summed E-state index contributed by atoms with van der Waals surface area (Å²) < 4.78 is 5.70. The lowest BCUT2D eigenvalue weighted by atomic mass is 10.2. The van der Waals surface area contributed by atoms with Crippen LogP contribution in [0.2, 0.25) is 5.02 Å². The molecular formula is C17H17ClN2O2S2. The zero-order valence-electron chi connectivity index (χ0n) is 13.0. The molecule has 0 spiro atoms. The minimum absolute atomic E-state index is 0.264. The number of nitrogens with one attached hydrogen (secondary N) is 2. The summed E-state index contributed by atoms with van der Waals surface area (Å²) in [6.45, 7) is 2.21. The van der Waals surface area contributed by atoms with Crippen LogP contribution in [0.15, 0.2) is 48.5 Å². The predicted octanol–water partition coefficient (Wildman–Crippen LogP) is 5.33. The molecule has 2 rings (SSSR count). The van der Waals surface area contributed by atoms with Gasteiger partial charge in [0.25, 0.3) is 0 Å². The van der Waals surface area contributed by atoms with Gasteiger partial charge in [-0.1, -0.05) is 59.8 Å². The third-order valence-corrected chi connectivity index (χ3v) is 4.59. The molecule has 0 aliphatic heterocycles. The summed E-state index contributed by atoms with van der Waals surface area (Å²) in [5.41, 5.74) is 2.55. The maximum atomic E-state index is 11.6. The van der Waals surface area contributed by atoms with Gasteiger partial charge in [0, 0.05) is 22.2 Å². The Morgan fingerprint density at radius 3 is 2.62 bits per heavy atom. The van der Waals surface area contributed by atoms with Gasteiger partial charge in [-0.05, 0) is 36.8 Å². The molecule has 24 heavy (non-hydrogen) atoms. The Hall–Kier alpha value is -1.76. The van der Waals surface area contributed by atoms with E-state index in [9.17, 15) is 4.79 Å². The Labute approximate surface area is 155 Å². The summed E-state index contributed by atoms with van der Waals surface area (Å²) in [4.78, 5) is 11.6. The van der Waals surface area contributed by atoms with Crippen molar-refractivity contribution in [3.05, 3.63) is 59.1 Å². The average Bonchev–Trinajstić information content (AvgIpc) is 2.56. The summed E-state index contributed by atoms with van der Waals surface area (Å²) in [7, 11) is 0. The number of carbonyl (C=O) groups is 1. The number of benzene rings is 2. The standard InChI is InChI=1S/C17H17ClN2O2S2/c1-12-7-8-14(11-15(12)18)20-17(23)24-10-9-22-16(21)19-13-5-3-2-4-6-13/h2-8,11H,9-10H2,1H3,(H,19,21)(H,20,23). The summed E-state index contributed by atoms with van der Waals surface area (Å²) in [5, 5.41) is 6.43. The molecule has 0 radical (unpaired) electrons. The van der Waals surface area contributed by atoms with Crippen molar-refractivity contribution >= 4 is 57.4 Å². The Balaban J connectivity index is 1.65. The third-order valence-electron chi connectivity index (χ3n) is 2.99. The van der Waals surface area contributed by atoms with Crippen LogP contribution >= 0.6 is 35.6 Å². The number of halogens is 1. The van der Waals surface area contributed by atoms with E-state index in [4.69, 9.17) is 28.6 Å². The molecule has 0 bridgehead atoms. The lowest BCUT2D eigenvalue weighted by molar-refractivity contribution is 0.169. The molecule has 0 unspecified atom stereocenters. The molecule has 0 aliphatic rings. The SMILES string of the molecule is Cc1ccc(NC(=S)SCCOC(=O)Nc2ccccc2)cc1Cl. The Morgan fingerprint density at radius 1 is 1.17 bits per heavy atom. The second-order valence-electron chi connectivity index (χ2n) is 4.85. The fourth-order valence-corrected chi connectivity index (χ4v) is 2.86. The van der Waals surface area contributed by atoms with E-state index >= 15 is 0 Å². The minimum Gasteiger partial charge on any atom is -0.448 e. The van der Waals surface area contributed by atoms with Crippen LogP contribution in [0.25, 0.3) is 0 Å². The van der Waals surface area contributed by atoms with E-state index in [0.717, 1.165) is 11.3 Å². The van der Waals surface area contributed by atoms with E-state index in [-0.39, 0.29) is 6.61 Å². The van der Waals surface area contributed by atoms with Gasteiger partial charge >= 0.3 is 6.09 Å². The highest BCUT2D eigenvalue weighted by Gasteiger charge is 2.04. The monoisotopic (exact) mass is 380 g/mol. The highest BCUT2D eigenvalue weighted by molar-refractivity contribution is 8.23. The predicted molar refractivity (Wildman–Crippen MR) is 106 cm³/mol. The van der Waals surface area contributed by atoms with Crippen LogP contribution in [0.5, 0.6) is 0 Å². The second-order valence-corrected chi connectivity index (χ2v) is 7.03. The fourth-order valence-electron chi connectivity index (χ4n) is 1.77. The second kappa shape index (κ2) is 9.52. The van der Waals surface area contributed by atoms with Crippen LogP contribution in [0.1, 0.15) is 5.56 Å². The van der Waals surface area contributed by atoms with Gasteiger partial charge < -0.3 is 10.1 Å². The van der Waals surface area contributed by atoms with Crippen molar-refractivity contribution in [1.82, 2.24) is 0 Å². The van der Waals surface area contributed by atoms with Crippen LogP contribution in [-0.2, 0) is 4.74 Å². The number of anilines is 2. The van der Waals surface area contributed by atoms with Crippen LogP contribution in [0.4, 0.5) is 16.2 Å². The average molecular weight is 381 g/mol. The number of ether oxygens (including phenoxy) is 1. The van der Waals surface area contributed by atoms with Gasteiger partial charge in [0.2, 0.25) is 0 Å². The van der Waals surface area contributed by atoms with Crippen molar-refractivity contribution in [1.29, 1.82) is 0 Å². The quantitative estimate of drug-likeness (QED) is 0.542. The molecule has 2 aromatic carbocycles. The molecule has 4 nitrogen and oxygen atoms in total. The fraction of sp³-hybridized carbons (Fsp3) is 0.176. The van der Waals surface area contributed by atoms with Gasteiger partial charge in [-0.25, -0.2) is 4.79 Å². The number of aryl methyl sites for hydroxylation is 1. The molecule has 0 saturated carbocycles. The van der Waals surface area contributed by atoms with Crippen LogP contribution < -0.4 is 10.6 Å². The first kappa shape index (κ1) is 18.6. The number of hydrogen-bond donors (Lipinski definition) is 2. The molecule has 0 heterocycles. The van der Waals surface area contributed by atoms with Gasteiger partial charge in [0.1, 0.15) is 10.9 Å². The normalized spacial score (nSPS) is 10.1. The largest absolute Gasteiger partial charge is 0.448 e. The molecule has 0 fully saturated rings. The molecule has 0 saturated heterocycles. The van der Waals surface area contributed by atoms with Gasteiger partial charge in [-0.15, -0.1) is 0 Å². The first-order chi connectivity index (χ1) is 11.5. The van der Waals surface area contributed by atoms with Crippen LogP contribution in [0, 0.1) is 6.92 Å². The maximum absolute atomic E-state index is 11.6. The number of para-hydroxylation sites is 1. The number of amides is 1. The van der Waals surface area contributed by atoms with Crippen LogP contribution in [0.3, 0.4) is 0 Å². The van der Waals surface area contributed by atoms with E-state index in [1.165, 1.54) is 11.8 Å². The summed E-state index contributed by atoms with van der Waals surface area (Å²) in [6.07, 6.45) is -0.481. The highest BCUT2D eigenvalue weighted by atomic mass is 35.5. The molecule has 2 aromatic rings. The third kappa shape index (κ3) is 6.39. The van der Waals surface area contributed by atoms with E-state index in [2.05, 4.69) is 10.6 Å². The first-order valence-electron chi connectivity index (χ1n) is 7.23. The Morgan fingerprint density at radius 2 is 1.92 bits per heavy atom. The molecule has 126 valence electrons. The maximum Gasteiger partial charge on any atom is 0.411 e. The zero-order valence-corrected chi connectivity index (χ0v) is 15.4. The molecule has 0 aliphatic carbocycles. The summed E-state index contributed by atoms with van der Waals surface area (Å²) in [5.74, 6) is 0.563. The van der Waals surface area contributed by atoms with Gasteiger partial charge in [0.15, 0.2) is 0 Å². The Bertz CT molecular complexity index is 711. The molecule has 7 heteroatoms. The molecule has 0 atom stereocenters. The smallest absolute Gasteiger partial charge is 0.411 e. The van der Waals surface area contributed by atoms with Crippen molar-refractivity contribution in [3.8, 4) is 0 Å². The minimum atomic E-state index is -0.481. The summed E-state index contributed by atoms with van der Waals surface area (Å²) >= 11 is 12.7. The van der Waals surface area contributed by atoms with Gasteiger partial charge in [-0.2, -0.15) is 0 Å². The number of rotatable bonds is 5. The molecule has 0 aromatic heterocycles.